The van der Waals surface area contributed by atoms with Gasteiger partial charge in [0.2, 0.25) is 5.91 Å². The second-order valence-electron chi connectivity index (χ2n) is 14.0. The zero-order chi connectivity index (χ0) is 46.5. The zero-order valence-electron chi connectivity index (χ0n) is 35.7. The van der Waals surface area contributed by atoms with E-state index in [0.29, 0.717) is 26.4 Å². The molecule has 0 bridgehead atoms. The van der Waals surface area contributed by atoms with Gasteiger partial charge in [0.05, 0.1) is 144 Å². The van der Waals surface area contributed by atoms with Crippen molar-refractivity contribution in [1.29, 1.82) is 0 Å². The molecule has 0 heterocycles. The molecule has 0 aliphatic heterocycles. The molecule has 25 heteroatoms. The van der Waals surface area contributed by atoms with Crippen LogP contribution in [0.2, 0.25) is 0 Å². The average molecular weight is 917 g/mol. The number of nitrogens with zero attached hydrogens (tertiary/aromatic N) is 1. The van der Waals surface area contributed by atoms with Crippen molar-refractivity contribution in [3.05, 3.63) is 0 Å². The maximum atomic E-state index is 10.7. The van der Waals surface area contributed by atoms with Crippen molar-refractivity contribution >= 4 is 5.91 Å². The molecule has 1 amide bonds. The zero-order valence-corrected chi connectivity index (χ0v) is 35.7. The number of carbonyl (C=O) groups is 1. The molecule has 14 N–H and O–H groups in total. The fourth-order valence-electron chi connectivity index (χ4n) is 4.96. The molecular formula is C37H76N2O23. The lowest BCUT2D eigenvalue weighted by molar-refractivity contribution is -0.131. The van der Waals surface area contributed by atoms with Gasteiger partial charge in [0, 0.05) is 33.1 Å². The summed E-state index contributed by atoms with van der Waals surface area (Å²) in [7, 11) is 0. The van der Waals surface area contributed by atoms with E-state index in [4.69, 9.17) is 52.8 Å². The van der Waals surface area contributed by atoms with E-state index in [1.165, 1.54) is 11.8 Å². The first-order valence-corrected chi connectivity index (χ1v) is 20.5. The first kappa shape index (κ1) is 60.5. The number of hydrogen-bond acceptors (Lipinski definition) is 24. The summed E-state index contributed by atoms with van der Waals surface area (Å²) in [5.74, 6) is -0.126. The van der Waals surface area contributed by atoms with Crippen LogP contribution in [0, 0.1) is 0 Å². The fraction of sp³-hybridized carbons (Fsp3) is 0.973. The number of hydrogen-bond donors (Lipinski definition) is 14. The number of carbonyl (C=O) groups excluding carboxylic acids is 1. The standard InChI is InChI=1S/C37H76N2O23/c1-26(42)38-2-4-54-10-14-59-22-27(43)23-60-15-11-58-13-17-62-25-33(49)32(48)24-61-16-12-57-9-8-56-7-6-55-5-3-39(18-28(44)34(50)36(52)30(46)20-40)19-29(45)35(51)37(53)31(47)21-41/h27-37,40-41,43-53H,2-25H2,1H3,(H,38,42)/t27?,28-,29-,30+,31+,32?,33?,34+,35+,36+,37+/m0/s1. The van der Waals surface area contributed by atoms with Gasteiger partial charge in [0.15, 0.2) is 0 Å². The Hall–Kier alpha value is -1.45. The molecule has 25 nitrogen and oxygen atoms in total. The molecule has 0 aliphatic rings. The van der Waals surface area contributed by atoms with Crippen molar-refractivity contribution in [1.82, 2.24) is 10.2 Å². The van der Waals surface area contributed by atoms with Crippen molar-refractivity contribution in [3.63, 3.8) is 0 Å². The van der Waals surface area contributed by atoms with E-state index in [2.05, 4.69) is 5.32 Å². The molecule has 0 aromatic rings. The molecule has 0 spiro atoms. The maximum absolute atomic E-state index is 10.7. The highest BCUT2D eigenvalue weighted by atomic mass is 16.6. The number of rotatable bonds is 45. The topological polar surface area (TPSA) is 378 Å². The van der Waals surface area contributed by atoms with Crippen molar-refractivity contribution in [2.75, 3.05) is 158 Å². The molecule has 372 valence electrons. The minimum atomic E-state index is -1.90. The van der Waals surface area contributed by atoms with Crippen molar-refractivity contribution < 1.29 is 114 Å². The SMILES string of the molecule is CC(=O)NCCOCCOCC(O)COCCOCCOCC(O)C(O)COCCOCCOCCOCCN(C[C@H](O)[C@@H](O)[C@H](O)[C@H](O)CO)C[C@H](O)[C@@H](O)[C@H](O)[C@H](O)CO. The Balaban J connectivity index is 3.99. The van der Waals surface area contributed by atoms with Crippen LogP contribution in [0.25, 0.3) is 0 Å². The lowest BCUT2D eigenvalue weighted by atomic mass is 10.0. The van der Waals surface area contributed by atoms with Crippen LogP contribution in [0.3, 0.4) is 0 Å². The van der Waals surface area contributed by atoms with Gasteiger partial charge in [-0.1, -0.05) is 0 Å². The molecule has 0 rings (SSSR count). The van der Waals surface area contributed by atoms with Crippen LogP contribution in [-0.4, -0.2) is 303 Å². The van der Waals surface area contributed by atoms with Crippen LogP contribution >= 0.6 is 0 Å². The summed E-state index contributed by atoms with van der Waals surface area (Å²) in [6.07, 6.45) is -17.6. The Morgan fingerprint density at radius 3 is 1.08 bits per heavy atom. The molecule has 0 fully saturated rings. The minimum absolute atomic E-state index is 0.00132. The Kier molecular flexibility index (Phi) is 38.9. The molecule has 0 aromatic carbocycles. The van der Waals surface area contributed by atoms with Gasteiger partial charge in [0.1, 0.15) is 54.9 Å². The van der Waals surface area contributed by atoms with Crippen LogP contribution in [0.4, 0.5) is 0 Å². The van der Waals surface area contributed by atoms with Gasteiger partial charge in [-0.3, -0.25) is 9.69 Å². The predicted octanol–water partition coefficient (Wildman–Crippen LogP) is -8.47. The Morgan fingerprint density at radius 2 is 0.726 bits per heavy atom. The summed E-state index contributed by atoms with van der Waals surface area (Å²) in [5, 5.41) is 131. The van der Waals surface area contributed by atoms with Gasteiger partial charge in [0.25, 0.3) is 0 Å². The smallest absolute Gasteiger partial charge is 0.216 e. The van der Waals surface area contributed by atoms with Crippen LogP contribution in [0.15, 0.2) is 0 Å². The second-order valence-corrected chi connectivity index (χ2v) is 14.0. The highest BCUT2D eigenvalue weighted by Gasteiger charge is 2.34. The number of nitrogens with one attached hydrogen (secondary N) is 1. The van der Waals surface area contributed by atoms with Gasteiger partial charge in [-0.2, -0.15) is 0 Å². The lowest BCUT2D eigenvalue weighted by Crippen LogP contribution is -2.53. The molecule has 0 aromatic heterocycles. The van der Waals surface area contributed by atoms with Crippen molar-refractivity contribution in [3.8, 4) is 0 Å². The van der Waals surface area contributed by atoms with Gasteiger partial charge in [-0.15, -0.1) is 0 Å². The highest BCUT2D eigenvalue weighted by Crippen LogP contribution is 2.11. The molecular weight excluding hydrogens is 840 g/mol. The average Bonchev–Trinajstić information content (AvgIpc) is 3.25. The number of aliphatic hydroxyl groups excluding tert-OH is 13. The first-order valence-electron chi connectivity index (χ1n) is 20.5. The van der Waals surface area contributed by atoms with Gasteiger partial charge < -0.3 is 114 Å². The summed E-state index contributed by atoms with van der Waals surface area (Å²) >= 11 is 0. The first-order chi connectivity index (χ1) is 29.7. The lowest BCUT2D eigenvalue weighted by Gasteiger charge is -2.33. The minimum Gasteiger partial charge on any atom is -0.394 e. The number of aliphatic hydroxyl groups is 13. The third-order valence-corrected chi connectivity index (χ3v) is 8.59. The second kappa shape index (κ2) is 39.9. The van der Waals surface area contributed by atoms with Gasteiger partial charge >= 0.3 is 0 Å². The Labute approximate surface area is 362 Å². The van der Waals surface area contributed by atoms with Crippen LogP contribution in [0.1, 0.15) is 6.92 Å². The summed E-state index contributed by atoms with van der Waals surface area (Å²) in [4.78, 5) is 12.1. The van der Waals surface area contributed by atoms with E-state index in [9.17, 15) is 61.0 Å². The third-order valence-electron chi connectivity index (χ3n) is 8.59. The van der Waals surface area contributed by atoms with Gasteiger partial charge in [-0.05, 0) is 0 Å². The summed E-state index contributed by atoms with van der Waals surface area (Å²) in [6.45, 7) is 2.03. The summed E-state index contributed by atoms with van der Waals surface area (Å²) < 4.78 is 48.2. The Bertz CT molecular complexity index is 986. The Morgan fingerprint density at radius 1 is 0.419 bits per heavy atom. The van der Waals surface area contributed by atoms with Gasteiger partial charge in [-0.25, -0.2) is 0 Å². The maximum Gasteiger partial charge on any atom is 0.216 e. The van der Waals surface area contributed by atoms with Crippen LogP contribution < -0.4 is 5.32 Å². The van der Waals surface area contributed by atoms with E-state index in [1.807, 2.05) is 0 Å². The van der Waals surface area contributed by atoms with E-state index in [-0.39, 0.29) is 112 Å². The highest BCUT2D eigenvalue weighted by molar-refractivity contribution is 5.72. The monoisotopic (exact) mass is 916 g/mol. The van der Waals surface area contributed by atoms with Crippen molar-refractivity contribution in [2.45, 2.75) is 74.1 Å². The summed E-state index contributed by atoms with van der Waals surface area (Å²) in [6, 6.07) is 0. The fourth-order valence-corrected chi connectivity index (χ4v) is 4.96. The normalized spacial score (nSPS) is 17.5. The molecule has 0 aliphatic carbocycles. The molecule has 11 atom stereocenters. The van der Waals surface area contributed by atoms with E-state index in [1.54, 1.807) is 0 Å². The molecule has 62 heavy (non-hydrogen) atoms. The molecule has 0 radical (unpaired) electrons. The predicted molar refractivity (Wildman–Crippen MR) is 213 cm³/mol. The number of amides is 1. The van der Waals surface area contributed by atoms with Crippen molar-refractivity contribution in [2.24, 2.45) is 0 Å². The van der Waals surface area contributed by atoms with Crippen LogP contribution in [-0.2, 0) is 47.4 Å². The van der Waals surface area contributed by atoms with Crippen LogP contribution in [0.5, 0.6) is 0 Å². The van der Waals surface area contributed by atoms with E-state index in [0.717, 1.165) is 0 Å². The molecule has 0 saturated carbocycles. The number of ether oxygens (including phenoxy) is 9. The largest absolute Gasteiger partial charge is 0.394 e. The third kappa shape index (κ3) is 32.2. The van der Waals surface area contributed by atoms with E-state index < -0.39 is 93.4 Å². The quantitative estimate of drug-likeness (QED) is 0.0252. The van der Waals surface area contributed by atoms with E-state index >= 15 is 0 Å². The molecule has 0 saturated heterocycles. The molecule has 3 unspecified atom stereocenters. The summed E-state index contributed by atoms with van der Waals surface area (Å²) in [5.41, 5.74) is 0.